The number of thioether (sulfide) groups is 1. The van der Waals surface area contributed by atoms with Crippen LogP contribution in [0.2, 0.25) is 0 Å². The highest BCUT2D eigenvalue weighted by molar-refractivity contribution is 8.00. The van der Waals surface area contributed by atoms with Crippen LogP contribution in [0.5, 0.6) is 5.75 Å². The van der Waals surface area contributed by atoms with Crippen molar-refractivity contribution in [3.05, 3.63) is 34.7 Å². The molecule has 0 aliphatic rings. The zero-order valence-corrected chi connectivity index (χ0v) is 14.1. The standard InChI is InChI=1S/C15H20N4O3S/c1-4-8-19-14(21)17-18-15(19)23-10(2)13(20)16-11-6-5-7-12(9-11)22-3/h5-7,9-10H,4,8H2,1-3H3,(H,16,20)(H,17,21)/t10-/m1/s1. The molecule has 0 saturated heterocycles. The molecule has 2 N–H and O–H groups in total. The van der Waals surface area contributed by atoms with Crippen LogP contribution in [0, 0.1) is 0 Å². The van der Waals surface area contributed by atoms with Crippen LogP contribution in [0.25, 0.3) is 0 Å². The molecule has 0 bridgehead atoms. The number of nitrogens with zero attached hydrogens (tertiary/aromatic N) is 2. The molecular weight excluding hydrogens is 316 g/mol. The number of H-pyrrole nitrogens is 1. The Balaban J connectivity index is 2.04. The zero-order chi connectivity index (χ0) is 16.8. The number of benzene rings is 1. The molecule has 7 nitrogen and oxygen atoms in total. The maximum atomic E-state index is 12.3. The van der Waals surface area contributed by atoms with Crippen molar-refractivity contribution < 1.29 is 9.53 Å². The number of hydrogen-bond acceptors (Lipinski definition) is 5. The summed E-state index contributed by atoms with van der Waals surface area (Å²) in [6.45, 7) is 4.32. The first-order valence-electron chi connectivity index (χ1n) is 7.32. The third kappa shape index (κ3) is 4.38. The van der Waals surface area contributed by atoms with Gasteiger partial charge in [-0.05, 0) is 25.5 Å². The van der Waals surface area contributed by atoms with Gasteiger partial charge in [-0.1, -0.05) is 24.8 Å². The molecule has 0 fully saturated rings. The van der Waals surface area contributed by atoms with E-state index in [-0.39, 0.29) is 11.6 Å². The molecule has 124 valence electrons. The van der Waals surface area contributed by atoms with E-state index in [2.05, 4.69) is 15.5 Å². The lowest BCUT2D eigenvalue weighted by Crippen LogP contribution is -2.24. The second kappa shape index (κ2) is 7.87. The summed E-state index contributed by atoms with van der Waals surface area (Å²) < 4.78 is 6.67. The Morgan fingerprint density at radius 2 is 2.30 bits per heavy atom. The predicted octanol–water partition coefficient (Wildman–Crippen LogP) is 2.11. The number of carbonyl (C=O) groups excluding carboxylic acids is 1. The fraction of sp³-hybridized carbons (Fsp3) is 0.400. The van der Waals surface area contributed by atoms with Crippen molar-refractivity contribution in [1.82, 2.24) is 14.8 Å². The van der Waals surface area contributed by atoms with Gasteiger partial charge in [0.15, 0.2) is 5.16 Å². The fourth-order valence-corrected chi connectivity index (χ4v) is 2.85. The van der Waals surface area contributed by atoms with Gasteiger partial charge >= 0.3 is 5.69 Å². The van der Waals surface area contributed by atoms with Crippen molar-refractivity contribution >= 4 is 23.4 Å². The molecule has 1 heterocycles. The lowest BCUT2D eigenvalue weighted by atomic mass is 10.3. The number of amides is 1. The maximum absolute atomic E-state index is 12.3. The van der Waals surface area contributed by atoms with Crippen molar-refractivity contribution in [3.63, 3.8) is 0 Å². The molecule has 1 aromatic carbocycles. The first kappa shape index (κ1) is 17.1. The molecule has 1 aromatic heterocycles. The summed E-state index contributed by atoms with van der Waals surface area (Å²) in [7, 11) is 1.57. The monoisotopic (exact) mass is 336 g/mol. The van der Waals surface area contributed by atoms with Gasteiger partial charge in [-0.3, -0.25) is 9.36 Å². The molecule has 0 saturated carbocycles. The molecule has 2 aromatic rings. The summed E-state index contributed by atoms with van der Waals surface area (Å²) in [6, 6.07) is 7.15. The van der Waals surface area contributed by atoms with Crippen molar-refractivity contribution in [3.8, 4) is 5.75 Å². The minimum Gasteiger partial charge on any atom is -0.497 e. The van der Waals surface area contributed by atoms with Gasteiger partial charge < -0.3 is 10.1 Å². The van der Waals surface area contributed by atoms with Crippen LogP contribution in [-0.2, 0) is 11.3 Å². The van der Waals surface area contributed by atoms with Gasteiger partial charge in [0, 0.05) is 18.3 Å². The highest BCUT2D eigenvalue weighted by atomic mass is 32.2. The highest BCUT2D eigenvalue weighted by Gasteiger charge is 2.19. The van der Waals surface area contributed by atoms with Crippen LogP contribution in [0.4, 0.5) is 5.69 Å². The third-order valence-corrected chi connectivity index (χ3v) is 4.25. The van der Waals surface area contributed by atoms with E-state index in [0.717, 1.165) is 6.42 Å². The molecule has 0 aliphatic heterocycles. The molecule has 0 spiro atoms. The fourth-order valence-electron chi connectivity index (χ4n) is 1.97. The Bertz CT molecular complexity index is 726. The van der Waals surface area contributed by atoms with Crippen LogP contribution in [0.15, 0.2) is 34.2 Å². The van der Waals surface area contributed by atoms with E-state index in [9.17, 15) is 9.59 Å². The predicted molar refractivity (Wildman–Crippen MR) is 90.1 cm³/mol. The Morgan fingerprint density at radius 3 is 3.00 bits per heavy atom. The number of ether oxygens (including phenoxy) is 1. The highest BCUT2D eigenvalue weighted by Crippen LogP contribution is 2.22. The maximum Gasteiger partial charge on any atom is 0.343 e. The number of nitrogens with one attached hydrogen (secondary N) is 2. The summed E-state index contributed by atoms with van der Waals surface area (Å²) in [5.41, 5.74) is 0.407. The smallest absolute Gasteiger partial charge is 0.343 e. The van der Waals surface area contributed by atoms with Crippen LogP contribution < -0.4 is 15.7 Å². The Hall–Kier alpha value is -2.22. The molecule has 2 rings (SSSR count). The van der Waals surface area contributed by atoms with Gasteiger partial charge in [0.2, 0.25) is 5.91 Å². The van der Waals surface area contributed by atoms with Crippen LogP contribution >= 0.6 is 11.8 Å². The molecule has 0 unspecified atom stereocenters. The number of aromatic nitrogens is 3. The number of carbonyl (C=O) groups is 1. The summed E-state index contributed by atoms with van der Waals surface area (Å²) >= 11 is 1.25. The van der Waals surface area contributed by atoms with Gasteiger partial charge in [-0.15, -0.1) is 5.10 Å². The SMILES string of the molecule is CCCn1c(S[C@H](C)C(=O)Nc2cccc(OC)c2)n[nH]c1=O. The average molecular weight is 336 g/mol. The lowest BCUT2D eigenvalue weighted by Gasteiger charge is -2.12. The lowest BCUT2D eigenvalue weighted by molar-refractivity contribution is -0.115. The number of anilines is 1. The second-order valence-electron chi connectivity index (χ2n) is 4.94. The third-order valence-electron chi connectivity index (χ3n) is 3.16. The molecule has 1 atom stereocenters. The van der Waals surface area contributed by atoms with Crippen LogP contribution in [-0.4, -0.2) is 33.0 Å². The molecule has 8 heteroatoms. The number of methoxy groups -OCH3 is 1. The van der Waals surface area contributed by atoms with E-state index in [1.54, 1.807) is 42.9 Å². The summed E-state index contributed by atoms with van der Waals surface area (Å²) in [5, 5.41) is 9.35. The Labute approximate surface area is 138 Å². The van der Waals surface area contributed by atoms with E-state index in [4.69, 9.17) is 4.74 Å². The van der Waals surface area contributed by atoms with Crippen LogP contribution in [0.1, 0.15) is 20.3 Å². The molecule has 23 heavy (non-hydrogen) atoms. The first-order chi connectivity index (χ1) is 11.0. The van der Waals surface area contributed by atoms with E-state index < -0.39 is 5.25 Å². The van der Waals surface area contributed by atoms with Gasteiger partial charge in [0.05, 0.1) is 12.4 Å². The minimum atomic E-state index is -0.396. The summed E-state index contributed by atoms with van der Waals surface area (Å²) in [5.74, 6) is 0.508. The van der Waals surface area contributed by atoms with Gasteiger partial charge in [0.25, 0.3) is 0 Å². The van der Waals surface area contributed by atoms with E-state index in [0.29, 0.717) is 23.1 Å². The average Bonchev–Trinajstić information content (AvgIpc) is 2.88. The van der Waals surface area contributed by atoms with Gasteiger partial charge in [0.1, 0.15) is 5.75 Å². The molecule has 0 aliphatic carbocycles. The van der Waals surface area contributed by atoms with Gasteiger partial charge in [-0.2, -0.15) is 0 Å². The second-order valence-corrected chi connectivity index (χ2v) is 6.25. The Kier molecular flexibility index (Phi) is 5.86. The summed E-state index contributed by atoms with van der Waals surface area (Å²) in [4.78, 5) is 24.0. The van der Waals surface area contributed by atoms with Crippen LogP contribution in [0.3, 0.4) is 0 Å². The number of aromatic amines is 1. The van der Waals surface area contributed by atoms with E-state index in [1.807, 2.05) is 6.92 Å². The molecule has 0 radical (unpaired) electrons. The first-order valence-corrected chi connectivity index (χ1v) is 8.20. The van der Waals surface area contributed by atoms with E-state index >= 15 is 0 Å². The summed E-state index contributed by atoms with van der Waals surface area (Å²) in [6.07, 6.45) is 0.817. The largest absolute Gasteiger partial charge is 0.497 e. The normalized spacial score (nSPS) is 12.0. The minimum absolute atomic E-state index is 0.165. The van der Waals surface area contributed by atoms with Crippen molar-refractivity contribution in [2.45, 2.75) is 37.2 Å². The van der Waals surface area contributed by atoms with Crippen molar-refractivity contribution in [2.24, 2.45) is 0 Å². The molecular formula is C15H20N4O3S. The zero-order valence-electron chi connectivity index (χ0n) is 13.3. The molecule has 1 amide bonds. The topological polar surface area (TPSA) is 89.0 Å². The quantitative estimate of drug-likeness (QED) is 0.756. The van der Waals surface area contributed by atoms with Crippen molar-refractivity contribution in [1.29, 1.82) is 0 Å². The number of rotatable bonds is 7. The number of hydrogen-bond donors (Lipinski definition) is 2. The van der Waals surface area contributed by atoms with E-state index in [1.165, 1.54) is 11.8 Å². The van der Waals surface area contributed by atoms with Crippen molar-refractivity contribution in [2.75, 3.05) is 12.4 Å². The Morgan fingerprint density at radius 1 is 1.52 bits per heavy atom. The van der Waals surface area contributed by atoms with Gasteiger partial charge in [-0.25, -0.2) is 9.89 Å².